The van der Waals surface area contributed by atoms with Gasteiger partial charge in [-0.25, -0.2) is 0 Å². The monoisotopic (exact) mass is 176 g/mol. The number of rotatable bonds is 3. The van der Waals surface area contributed by atoms with Crippen LogP contribution in [0.25, 0.3) is 0 Å². The minimum Gasteiger partial charge on any atom is -0.393 e. The highest BCUT2D eigenvalue weighted by atomic mass is 35.5. The Kier molecular flexibility index (Phi) is 4.78. The lowest BCUT2D eigenvalue weighted by Crippen LogP contribution is -2.25. The second-order valence-corrected chi connectivity index (χ2v) is 4.07. The summed E-state index contributed by atoms with van der Waals surface area (Å²) in [5.41, 5.74) is 1.48. The number of hydrogen-bond acceptors (Lipinski definition) is 1. The average Bonchev–Trinajstić information content (AvgIpc) is 1.86. The fourth-order valence-electron chi connectivity index (χ4n) is 0.750. The van der Waals surface area contributed by atoms with E-state index in [0.29, 0.717) is 0 Å². The molecule has 11 heavy (non-hydrogen) atoms. The van der Waals surface area contributed by atoms with Crippen molar-refractivity contribution in [3.8, 4) is 0 Å². The zero-order chi connectivity index (χ0) is 8.91. The first-order chi connectivity index (χ1) is 4.98. The van der Waals surface area contributed by atoms with E-state index in [2.05, 4.69) is 0 Å². The van der Waals surface area contributed by atoms with Gasteiger partial charge in [-0.05, 0) is 18.3 Å². The highest BCUT2D eigenvalue weighted by Crippen LogP contribution is 2.22. The van der Waals surface area contributed by atoms with Gasteiger partial charge in [-0.3, -0.25) is 0 Å². The fourth-order valence-corrected chi connectivity index (χ4v) is 0.876. The summed E-state index contributed by atoms with van der Waals surface area (Å²) >= 11 is 5.34. The maximum Gasteiger partial charge on any atom is 0.0591 e. The Bertz CT molecular complexity index is 124. The molecule has 0 aromatic heterocycles. The van der Waals surface area contributed by atoms with Crippen LogP contribution < -0.4 is 0 Å². The molecule has 0 aliphatic rings. The molecule has 1 unspecified atom stereocenters. The van der Waals surface area contributed by atoms with Gasteiger partial charge >= 0.3 is 0 Å². The van der Waals surface area contributed by atoms with Crippen LogP contribution in [-0.2, 0) is 0 Å². The average molecular weight is 177 g/mol. The predicted octanol–water partition coefficient (Wildman–Crippen LogP) is 2.93. The maximum atomic E-state index is 9.54. The summed E-state index contributed by atoms with van der Waals surface area (Å²) in [5.74, 6) is 0. The van der Waals surface area contributed by atoms with Crippen LogP contribution in [0.3, 0.4) is 0 Å². The maximum absolute atomic E-state index is 9.54. The molecule has 0 aliphatic heterocycles. The van der Waals surface area contributed by atoms with Crippen LogP contribution in [0.1, 0.15) is 33.6 Å². The lowest BCUT2D eigenvalue weighted by molar-refractivity contribution is 0.0566. The molecule has 0 rings (SSSR count). The van der Waals surface area contributed by atoms with Crippen molar-refractivity contribution < 1.29 is 5.11 Å². The van der Waals surface area contributed by atoms with Gasteiger partial charge in [0.05, 0.1) is 6.10 Å². The molecule has 0 spiro atoms. The van der Waals surface area contributed by atoms with Crippen LogP contribution >= 0.6 is 11.6 Å². The SMILES string of the molecule is CC(C)(C)C(O)CC/C=C/Cl. The Morgan fingerprint density at radius 3 is 2.36 bits per heavy atom. The third kappa shape index (κ3) is 5.28. The number of allylic oxidation sites excluding steroid dienone is 1. The van der Waals surface area contributed by atoms with Crippen molar-refractivity contribution >= 4 is 11.6 Å². The normalized spacial score (nSPS) is 15.7. The van der Waals surface area contributed by atoms with E-state index in [1.54, 1.807) is 0 Å². The van der Waals surface area contributed by atoms with Crippen LogP contribution in [0, 0.1) is 5.41 Å². The van der Waals surface area contributed by atoms with Crippen LogP contribution in [0.2, 0.25) is 0 Å². The second kappa shape index (κ2) is 4.78. The fraction of sp³-hybridized carbons (Fsp3) is 0.778. The Hall–Kier alpha value is -0.0100. The Morgan fingerprint density at radius 2 is 2.00 bits per heavy atom. The smallest absolute Gasteiger partial charge is 0.0591 e. The van der Waals surface area contributed by atoms with Crippen molar-refractivity contribution in [2.24, 2.45) is 5.41 Å². The molecule has 1 nitrogen and oxygen atoms in total. The lowest BCUT2D eigenvalue weighted by Gasteiger charge is -2.25. The molecular formula is C9H17ClO. The zero-order valence-corrected chi connectivity index (χ0v) is 8.23. The van der Waals surface area contributed by atoms with E-state index in [1.165, 1.54) is 5.54 Å². The summed E-state index contributed by atoms with van der Waals surface area (Å²) < 4.78 is 0. The number of aliphatic hydroxyl groups excluding tert-OH is 1. The summed E-state index contributed by atoms with van der Waals surface area (Å²) in [6.45, 7) is 6.09. The van der Waals surface area contributed by atoms with Crippen molar-refractivity contribution in [2.45, 2.75) is 39.7 Å². The molecule has 2 heteroatoms. The van der Waals surface area contributed by atoms with Gasteiger partial charge in [-0.2, -0.15) is 0 Å². The van der Waals surface area contributed by atoms with E-state index in [-0.39, 0.29) is 11.5 Å². The van der Waals surface area contributed by atoms with Gasteiger partial charge in [-0.1, -0.05) is 38.4 Å². The first-order valence-electron chi connectivity index (χ1n) is 3.91. The van der Waals surface area contributed by atoms with E-state index < -0.39 is 0 Å². The summed E-state index contributed by atoms with van der Waals surface area (Å²) in [6.07, 6.45) is 3.25. The number of aliphatic hydroxyl groups is 1. The first-order valence-corrected chi connectivity index (χ1v) is 4.35. The van der Waals surface area contributed by atoms with Gasteiger partial charge in [-0.15, -0.1) is 0 Å². The molecule has 0 saturated carbocycles. The molecule has 0 aromatic rings. The van der Waals surface area contributed by atoms with Gasteiger partial charge in [0.2, 0.25) is 0 Å². The molecule has 0 aromatic carbocycles. The molecule has 0 bridgehead atoms. The van der Waals surface area contributed by atoms with Gasteiger partial charge in [0.15, 0.2) is 0 Å². The molecular weight excluding hydrogens is 160 g/mol. The van der Waals surface area contributed by atoms with Crippen LogP contribution in [0.5, 0.6) is 0 Å². The number of hydrogen-bond donors (Lipinski definition) is 1. The standard InChI is InChI=1S/C9H17ClO/c1-9(2,3)8(11)6-4-5-7-10/h5,7-8,11H,4,6H2,1-3H3/b7-5+. The molecule has 0 radical (unpaired) electrons. The number of halogens is 1. The van der Waals surface area contributed by atoms with Crippen molar-refractivity contribution in [2.75, 3.05) is 0 Å². The van der Waals surface area contributed by atoms with Crippen LogP contribution in [0.15, 0.2) is 11.6 Å². The van der Waals surface area contributed by atoms with Crippen LogP contribution in [-0.4, -0.2) is 11.2 Å². The van der Waals surface area contributed by atoms with E-state index in [9.17, 15) is 5.11 Å². The second-order valence-electron chi connectivity index (χ2n) is 3.82. The van der Waals surface area contributed by atoms with Crippen molar-refractivity contribution in [1.29, 1.82) is 0 Å². The van der Waals surface area contributed by atoms with Crippen molar-refractivity contribution in [3.05, 3.63) is 11.6 Å². The molecule has 0 heterocycles. The van der Waals surface area contributed by atoms with E-state index in [0.717, 1.165) is 12.8 Å². The van der Waals surface area contributed by atoms with Gasteiger partial charge in [0.25, 0.3) is 0 Å². The largest absolute Gasteiger partial charge is 0.393 e. The van der Waals surface area contributed by atoms with E-state index >= 15 is 0 Å². The Labute approximate surface area is 74.1 Å². The lowest BCUT2D eigenvalue weighted by atomic mass is 9.86. The topological polar surface area (TPSA) is 20.2 Å². The minimum absolute atomic E-state index is 0.0137. The van der Waals surface area contributed by atoms with Crippen LogP contribution in [0.4, 0.5) is 0 Å². The highest BCUT2D eigenvalue weighted by Gasteiger charge is 2.20. The molecule has 0 saturated heterocycles. The van der Waals surface area contributed by atoms with E-state index in [4.69, 9.17) is 11.6 Å². The first kappa shape index (κ1) is 11.0. The van der Waals surface area contributed by atoms with Gasteiger partial charge < -0.3 is 5.11 Å². The summed E-state index contributed by atoms with van der Waals surface area (Å²) in [7, 11) is 0. The summed E-state index contributed by atoms with van der Waals surface area (Å²) in [4.78, 5) is 0. The third-order valence-electron chi connectivity index (χ3n) is 1.70. The van der Waals surface area contributed by atoms with Crippen molar-refractivity contribution in [1.82, 2.24) is 0 Å². The Morgan fingerprint density at radius 1 is 1.45 bits per heavy atom. The molecule has 1 N–H and O–H groups in total. The minimum atomic E-state index is -0.240. The molecule has 0 fully saturated rings. The van der Waals surface area contributed by atoms with E-state index in [1.807, 2.05) is 26.8 Å². The predicted molar refractivity (Wildman–Crippen MR) is 49.7 cm³/mol. The molecule has 1 atom stereocenters. The molecule has 0 aliphatic carbocycles. The molecule has 66 valence electrons. The van der Waals surface area contributed by atoms with Gasteiger partial charge in [0, 0.05) is 5.54 Å². The van der Waals surface area contributed by atoms with Crippen molar-refractivity contribution in [3.63, 3.8) is 0 Å². The summed E-state index contributed by atoms with van der Waals surface area (Å²) in [5, 5.41) is 9.54. The summed E-state index contributed by atoms with van der Waals surface area (Å²) in [6, 6.07) is 0. The van der Waals surface area contributed by atoms with Gasteiger partial charge in [0.1, 0.15) is 0 Å². The quantitative estimate of drug-likeness (QED) is 0.701. The third-order valence-corrected chi connectivity index (χ3v) is 1.87. The highest BCUT2D eigenvalue weighted by molar-refractivity contribution is 6.25. The molecule has 0 amide bonds. The zero-order valence-electron chi connectivity index (χ0n) is 7.47. The Balaban J connectivity index is 3.61.